The van der Waals surface area contributed by atoms with Crippen molar-refractivity contribution in [2.75, 3.05) is 0 Å². The van der Waals surface area contributed by atoms with Gasteiger partial charge in [-0.3, -0.25) is 9.48 Å². The first-order chi connectivity index (χ1) is 13.0. The van der Waals surface area contributed by atoms with Crippen LogP contribution in [-0.4, -0.2) is 15.7 Å². The number of amides is 1. The van der Waals surface area contributed by atoms with E-state index < -0.39 is 0 Å². The summed E-state index contributed by atoms with van der Waals surface area (Å²) in [7, 11) is 0. The molecule has 0 unspecified atom stereocenters. The van der Waals surface area contributed by atoms with Crippen LogP contribution in [0.5, 0.6) is 5.75 Å². The molecule has 3 rings (SSSR count). The maximum atomic E-state index is 12.5. The van der Waals surface area contributed by atoms with Crippen LogP contribution in [0.4, 0.5) is 0 Å². The number of carbonyl (C=O) groups is 1. The molecule has 0 spiro atoms. The van der Waals surface area contributed by atoms with Gasteiger partial charge in [-0.05, 0) is 58.7 Å². The van der Waals surface area contributed by atoms with Crippen molar-refractivity contribution in [3.8, 4) is 5.75 Å². The summed E-state index contributed by atoms with van der Waals surface area (Å²) < 4.78 is 9.46. The van der Waals surface area contributed by atoms with Crippen LogP contribution in [0, 0.1) is 0 Å². The van der Waals surface area contributed by atoms with Gasteiger partial charge in [-0.1, -0.05) is 34.1 Å². The van der Waals surface area contributed by atoms with Gasteiger partial charge in [0.15, 0.2) is 0 Å². The molecule has 0 fully saturated rings. The number of nitrogens with one attached hydrogen (secondary N) is 1. The minimum Gasteiger partial charge on any atom is -0.489 e. The Balaban J connectivity index is 1.60. The molecule has 2 aromatic carbocycles. The van der Waals surface area contributed by atoms with Crippen LogP contribution in [0.3, 0.4) is 0 Å². The third-order valence-electron chi connectivity index (χ3n) is 3.92. The van der Waals surface area contributed by atoms with E-state index in [9.17, 15) is 4.79 Å². The average Bonchev–Trinajstić information content (AvgIpc) is 3.04. The second-order valence-corrected chi connectivity index (χ2v) is 7.68. The Morgan fingerprint density at radius 2 is 2.00 bits per heavy atom. The molecule has 1 amide bonds. The molecule has 140 valence electrons. The molecule has 5 nitrogen and oxygen atoms in total. The molecule has 7 heteroatoms. The van der Waals surface area contributed by atoms with Crippen molar-refractivity contribution >= 4 is 37.8 Å². The molecule has 0 saturated heterocycles. The van der Waals surface area contributed by atoms with E-state index in [4.69, 9.17) is 4.74 Å². The molecule has 3 aromatic rings. The lowest BCUT2D eigenvalue weighted by atomic mass is 10.1. The standard InChI is InChI=1S/C20H19Br2N3O2/c1-2-25-12-18(22)19(24-25)11-23-20(26)15-6-3-5-14(9-15)13-27-17-8-4-7-16(21)10-17/h3-10,12H,2,11,13H2,1H3,(H,23,26). The van der Waals surface area contributed by atoms with Gasteiger partial charge in [-0.15, -0.1) is 0 Å². The largest absolute Gasteiger partial charge is 0.489 e. The van der Waals surface area contributed by atoms with Crippen LogP contribution in [0.25, 0.3) is 0 Å². The number of rotatable bonds is 7. The van der Waals surface area contributed by atoms with Gasteiger partial charge in [-0.25, -0.2) is 0 Å². The summed E-state index contributed by atoms with van der Waals surface area (Å²) in [5, 5.41) is 7.32. The summed E-state index contributed by atoms with van der Waals surface area (Å²) in [6.45, 7) is 3.56. The lowest BCUT2D eigenvalue weighted by Gasteiger charge is -2.09. The third kappa shape index (κ3) is 5.43. The maximum absolute atomic E-state index is 12.5. The Labute approximate surface area is 175 Å². The first-order valence-corrected chi connectivity index (χ1v) is 10.1. The smallest absolute Gasteiger partial charge is 0.251 e. The number of aryl methyl sites for hydroxylation is 1. The monoisotopic (exact) mass is 491 g/mol. The van der Waals surface area contributed by atoms with E-state index in [0.29, 0.717) is 18.7 Å². The first kappa shape index (κ1) is 19.6. The van der Waals surface area contributed by atoms with Crippen molar-refractivity contribution in [3.05, 3.63) is 80.5 Å². The van der Waals surface area contributed by atoms with Crippen molar-refractivity contribution in [1.29, 1.82) is 0 Å². The molecule has 0 aliphatic carbocycles. The van der Waals surface area contributed by atoms with Gasteiger partial charge < -0.3 is 10.1 Å². The second-order valence-electron chi connectivity index (χ2n) is 5.91. The topological polar surface area (TPSA) is 56.2 Å². The van der Waals surface area contributed by atoms with Crippen LogP contribution in [0.1, 0.15) is 28.5 Å². The summed E-state index contributed by atoms with van der Waals surface area (Å²) in [5.74, 6) is 0.632. The fourth-order valence-electron chi connectivity index (χ4n) is 2.51. The van der Waals surface area contributed by atoms with Crippen LogP contribution < -0.4 is 10.1 Å². The van der Waals surface area contributed by atoms with Gasteiger partial charge in [0.2, 0.25) is 0 Å². The highest BCUT2D eigenvalue weighted by Crippen LogP contribution is 2.19. The minimum absolute atomic E-state index is 0.141. The fraction of sp³-hybridized carbons (Fsp3) is 0.200. The van der Waals surface area contributed by atoms with Crippen LogP contribution in [0.2, 0.25) is 0 Å². The van der Waals surface area contributed by atoms with Crippen molar-refractivity contribution < 1.29 is 9.53 Å². The number of nitrogens with zero attached hydrogens (tertiary/aromatic N) is 2. The number of aromatic nitrogens is 2. The van der Waals surface area contributed by atoms with Gasteiger partial charge in [0.1, 0.15) is 12.4 Å². The van der Waals surface area contributed by atoms with Crippen molar-refractivity contribution in [1.82, 2.24) is 15.1 Å². The molecule has 0 bridgehead atoms. The Morgan fingerprint density at radius 3 is 2.74 bits per heavy atom. The zero-order chi connectivity index (χ0) is 19.2. The molecule has 1 N–H and O–H groups in total. The van der Waals surface area contributed by atoms with E-state index in [1.54, 1.807) is 6.07 Å². The summed E-state index contributed by atoms with van der Waals surface area (Å²) in [5.41, 5.74) is 2.33. The molecule has 0 aliphatic heterocycles. The van der Waals surface area contributed by atoms with E-state index in [1.165, 1.54) is 0 Å². The molecule has 1 aromatic heterocycles. The van der Waals surface area contributed by atoms with Gasteiger partial charge in [0.05, 0.1) is 16.7 Å². The molecular weight excluding hydrogens is 474 g/mol. The Morgan fingerprint density at radius 1 is 1.19 bits per heavy atom. The van der Waals surface area contributed by atoms with Gasteiger partial charge >= 0.3 is 0 Å². The molecule has 0 aliphatic rings. The van der Waals surface area contributed by atoms with Crippen molar-refractivity contribution in [3.63, 3.8) is 0 Å². The predicted molar refractivity (Wildman–Crippen MR) is 112 cm³/mol. The number of ether oxygens (including phenoxy) is 1. The fourth-order valence-corrected chi connectivity index (χ4v) is 3.34. The summed E-state index contributed by atoms with van der Waals surface area (Å²) >= 11 is 6.89. The number of hydrogen-bond donors (Lipinski definition) is 1. The molecule has 27 heavy (non-hydrogen) atoms. The normalized spacial score (nSPS) is 10.6. The van der Waals surface area contributed by atoms with Crippen LogP contribution in [-0.2, 0) is 19.7 Å². The van der Waals surface area contributed by atoms with Crippen molar-refractivity contribution in [2.24, 2.45) is 0 Å². The van der Waals surface area contributed by atoms with Gasteiger partial charge in [0, 0.05) is 22.8 Å². The van der Waals surface area contributed by atoms with E-state index in [2.05, 4.69) is 42.3 Å². The first-order valence-electron chi connectivity index (χ1n) is 8.52. The van der Waals surface area contributed by atoms with Gasteiger partial charge in [0.25, 0.3) is 5.91 Å². The quantitative estimate of drug-likeness (QED) is 0.508. The number of carbonyl (C=O) groups excluding carboxylic acids is 1. The zero-order valence-electron chi connectivity index (χ0n) is 14.8. The number of halogens is 2. The van der Waals surface area contributed by atoms with E-state index in [-0.39, 0.29) is 5.91 Å². The molecule has 0 saturated carbocycles. The summed E-state index contributed by atoms with van der Waals surface area (Å²) in [6, 6.07) is 15.1. The Hall–Kier alpha value is -2.12. The third-order valence-corrected chi connectivity index (χ3v) is 5.07. The van der Waals surface area contributed by atoms with Crippen molar-refractivity contribution in [2.45, 2.75) is 26.6 Å². The molecule has 0 atom stereocenters. The number of hydrogen-bond acceptors (Lipinski definition) is 3. The lowest BCUT2D eigenvalue weighted by molar-refractivity contribution is 0.0950. The highest BCUT2D eigenvalue weighted by Gasteiger charge is 2.10. The SMILES string of the molecule is CCn1cc(Br)c(CNC(=O)c2cccc(COc3cccc(Br)c3)c2)n1. The minimum atomic E-state index is -0.141. The molecule has 0 radical (unpaired) electrons. The predicted octanol–water partition coefficient (Wildman–Crippen LogP) is 4.94. The highest BCUT2D eigenvalue weighted by molar-refractivity contribution is 9.10. The molecule has 1 heterocycles. The summed E-state index contributed by atoms with van der Waals surface area (Å²) in [4.78, 5) is 12.5. The van der Waals surface area contributed by atoms with Crippen LogP contribution in [0.15, 0.2) is 63.7 Å². The summed E-state index contributed by atoms with van der Waals surface area (Å²) in [6.07, 6.45) is 1.90. The van der Waals surface area contributed by atoms with Gasteiger partial charge in [-0.2, -0.15) is 5.10 Å². The maximum Gasteiger partial charge on any atom is 0.251 e. The van der Waals surface area contributed by atoms with Crippen LogP contribution >= 0.6 is 31.9 Å². The zero-order valence-corrected chi connectivity index (χ0v) is 18.0. The second kappa shape index (κ2) is 9.19. The Kier molecular flexibility index (Phi) is 6.68. The van der Waals surface area contributed by atoms with E-state index in [1.807, 2.05) is 60.3 Å². The lowest BCUT2D eigenvalue weighted by Crippen LogP contribution is -2.23. The number of benzene rings is 2. The average molecular weight is 493 g/mol. The highest BCUT2D eigenvalue weighted by atomic mass is 79.9. The molecular formula is C20H19Br2N3O2. The van der Waals surface area contributed by atoms with E-state index in [0.717, 1.165) is 32.5 Å². The Bertz CT molecular complexity index is 940. The van der Waals surface area contributed by atoms with E-state index >= 15 is 0 Å².